The van der Waals surface area contributed by atoms with Gasteiger partial charge in [0.2, 0.25) is 11.8 Å². The van der Waals surface area contributed by atoms with Gasteiger partial charge < -0.3 is 10.1 Å². The van der Waals surface area contributed by atoms with Gasteiger partial charge in [0, 0.05) is 12.8 Å². The molecule has 1 N–H and O–H groups in total. The zero-order valence-corrected chi connectivity index (χ0v) is 15.7. The number of halogens is 1. The molecule has 28 heavy (non-hydrogen) atoms. The molecule has 1 atom stereocenters. The summed E-state index contributed by atoms with van der Waals surface area (Å²) in [5.41, 5.74) is 1.01. The summed E-state index contributed by atoms with van der Waals surface area (Å²) in [7, 11) is 0. The number of rotatable bonds is 5. The van der Waals surface area contributed by atoms with Gasteiger partial charge in [-0.05, 0) is 43.3 Å². The van der Waals surface area contributed by atoms with E-state index >= 15 is 0 Å². The van der Waals surface area contributed by atoms with E-state index in [0.717, 1.165) is 4.90 Å². The van der Waals surface area contributed by atoms with Crippen LogP contribution in [0.15, 0.2) is 48.5 Å². The Balaban J connectivity index is 1.62. The van der Waals surface area contributed by atoms with Crippen LogP contribution >= 0.6 is 11.6 Å². The minimum absolute atomic E-state index is 0.181. The number of carbonyl (C=O) groups excluding carboxylic acids is 4. The standard InChI is InChI=1S/C20H17ClN2O5/c1-12(19(26)22-16-5-3-2-4-15(16)21)28-20(27)13-6-8-14(9-7-13)23-17(24)10-11-18(23)25/h2-9,12H,10-11H2,1H3,(H,22,26)/t12-/m0/s1. The van der Waals surface area contributed by atoms with Gasteiger partial charge in [0.25, 0.3) is 5.91 Å². The Morgan fingerprint density at radius 3 is 2.25 bits per heavy atom. The van der Waals surface area contributed by atoms with Crippen molar-refractivity contribution in [3.63, 3.8) is 0 Å². The molecule has 3 rings (SSSR count). The zero-order valence-electron chi connectivity index (χ0n) is 15.0. The number of hydrogen-bond donors (Lipinski definition) is 1. The molecule has 2 aromatic rings. The molecule has 0 spiro atoms. The number of ether oxygens (including phenoxy) is 1. The summed E-state index contributed by atoms with van der Waals surface area (Å²) >= 11 is 5.99. The van der Waals surface area contributed by atoms with E-state index in [2.05, 4.69) is 5.32 Å². The third-order valence-corrected chi connectivity index (χ3v) is 4.53. The molecule has 0 aromatic heterocycles. The highest BCUT2D eigenvalue weighted by atomic mass is 35.5. The first-order chi connectivity index (χ1) is 13.4. The highest BCUT2D eigenvalue weighted by molar-refractivity contribution is 6.33. The maximum absolute atomic E-state index is 12.3. The molecule has 0 radical (unpaired) electrons. The van der Waals surface area contributed by atoms with Crippen LogP contribution in [0.2, 0.25) is 5.02 Å². The second kappa shape index (κ2) is 8.22. The third-order valence-electron chi connectivity index (χ3n) is 4.20. The number of esters is 1. The summed E-state index contributed by atoms with van der Waals surface area (Å²) < 4.78 is 5.18. The van der Waals surface area contributed by atoms with E-state index in [1.165, 1.54) is 31.2 Å². The summed E-state index contributed by atoms with van der Waals surface area (Å²) in [5.74, 6) is -1.77. The van der Waals surface area contributed by atoms with Gasteiger partial charge in [-0.2, -0.15) is 0 Å². The molecule has 1 aliphatic rings. The summed E-state index contributed by atoms with van der Waals surface area (Å²) in [5, 5.41) is 2.96. The van der Waals surface area contributed by atoms with Crippen molar-refractivity contribution < 1.29 is 23.9 Å². The SMILES string of the molecule is C[C@H](OC(=O)c1ccc(N2C(=O)CCC2=O)cc1)C(=O)Nc1ccccc1Cl. The maximum atomic E-state index is 12.3. The number of amides is 3. The van der Waals surface area contributed by atoms with Gasteiger partial charge in [0.1, 0.15) is 0 Å². The lowest BCUT2D eigenvalue weighted by molar-refractivity contribution is -0.124. The first kappa shape index (κ1) is 19.6. The molecule has 0 saturated carbocycles. The lowest BCUT2D eigenvalue weighted by Gasteiger charge is -2.16. The van der Waals surface area contributed by atoms with E-state index in [1.807, 2.05) is 0 Å². The van der Waals surface area contributed by atoms with E-state index in [1.54, 1.807) is 24.3 Å². The molecule has 1 heterocycles. The van der Waals surface area contributed by atoms with E-state index in [-0.39, 0.29) is 30.2 Å². The first-order valence-electron chi connectivity index (χ1n) is 8.59. The van der Waals surface area contributed by atoms with E-state index in [9.17, 15) is 19.2 Å². The van der Waals surface area contributed by atoms with Crippen LogP contribution in [0.3, 0.4) is 0 Å². The lowest BCUT2D eigenvalue weighted by atomic mass is 10.2. The van der Waals surface area contributed by atoms with Crippen molar-refractivity contribution in [3.05, 3.63) is 59.1 Å². The normalized spacial score (nSPS) is 14.7. The van der Waals surface area contributed by atoms with Gasteiger partial charge in [-0.1, -0.05) is 23.7 Å². The quantitative estimate of drug-likeness (QED) is 0.614. The molecule has 144 valence electrons. The molecule has 1 fully saturated rings. The fourth-order valence-electron chi connectivity index (χ4n) is 2.69. The van der Waals surface area contributed by atoms with Crippen LogP contribution < -0.4 is 10.2 Å². The van der Waals surface area contributed by atoms with Crippen LogP contribution in [0.4, 0.5) is 11.4 Å². The molecule has 1 saturated heterocycles. The molecule has 2 aromatic carbocycles. The lowest BCUT2D eigenvalue weighted by Crippen LogP contribution is -2.30. The molecular formula is C20H17ClN2O5. The number of benzene rings is 2. The van der Waals surface area contributed by atoms with Gasteiger partial charge in [-0.25, -0.2) is 4.79 Å². The van der Waals surface area contributed by atoms with Crippen molar-refractivity contribution in [2.45, 2.75) is 25.9 Å². The topological polar surface area (TPSA) is 92.8 Å². The van der Waals surface area contributed by atoms with Crippen LogP contribution in [0, 0.1) is 0 Å². The van der Waals surface area contributed by atoms with Crippen LogP contribution in [-0.2, 0) is 19.1 Å². The smallest absolute Gasteiger partial charge is 0.338 e. The Hall–Kier alpha value is -3.19. The predicted molar refractivity (Wildman–Crippen MR) is 103 cm³/mol. The van der Waals surface area contributed by atoms with Crippen molar-refractivity contribution in [1.82, 2.24) is 0 Å². The molecule has 3 amide bonds. The number of carbonyl (C=O) groups is 4. The Morgan fingerprint density at radius 1 is 1.04 bits per heavy atom. The largest absolute Gasteiger partial charge is 0.449 e. The summed E-state index contributed by atoms with van der Waals surface area (Å²) in [6.45, 7) is 1.44. The van der Waals surface area contributed by atoms with Crippen molar-refractivity contribution in [3.8, 4) is 0 Å². The maximum Gasteiger partial charge on any atom is 0.338 e. The Bertz CT molecular complexity index is 926. The minimum atomic E-state index is -1.05. The van der Waals surface area contributed by atoms with Gasteiger partial charge in [-0.15, -0.1) is 0 Å². The number of nitrogens with zero attached hydrogens (tertiary/aromatic N) is 1. The van der Waals surface area contributed by atoms with E-state index < -0.39 is 18.0 Å². The van der Waals surface area contributed by atoms with Crippen LogP contribution in [0.5, 0.6) is 0 Å². The van der Waals surface area contributed by atoms with Crippen molar-refractivity contribution >= 4 is 46.7 Å². The van der Waals surface area contributed by atoms with Gasteiger partial charge in [0.05, 0.1) is 22.0 Å². The molecule has 0 unspecified atom stereocenters. The fraction of sp³-hybridized carbons (Fsp3) is 0.200. The Kier molecular flexibility index (Phi) is 5.75. The molecular weight excluding hydrogens is 384 g/mol. The fourth-order valence-corrected chi connectivity index (χ4v) is 2.87. The predicted octanol–water partition coefficient (Wildman–Crippen LogP) is 3.18. The molecule has 8 heteroatoms. The van der Waals surface area contributed by atoms with Crippen molar-refractivity contribution in [2.75, 3.05) is 10.2 Å². The monoisotopic (exact) mass is 400 g/mol. The minimum Gasteiger partial charge on any atom is -0.449 e. The van der Waals surface area contributed by atoms with Gasteiger partial charge >= 0.3 is 5.97 Å². The average Bonchev–Trinajstić information content (AvgIpc) is 3.02. The molecule has 7 nitrogen and oxygen atoms in total. The highest BCUT2D eigenvalue weighted by Gasteiger charge is 2.30. The number of hydrogen-bond acceptors (Lipinski definition) is 5. The number of imide groups is 1. The summed E-state index contributed by atoms with van der Waals surface area (Å²) in [6.07, 6.45) is -0.688. The summed E-state index contributed by atoms with van der Waals surface area (Å²) in [4.78, 5) is 49.1. The first-order valence-corrected chi connectivity index (χ1v) is 8.97. The van der Waals surface area contributed by atoms with Crippen LogP contribution in [0.25, 0.3) is 0 Å². The zero-order chi connectivity index (χ0) is 20.3. The third kappa shape index (κ3) is 4.20. The molecule has 1 aliphatic heterocycles. The number of para-hydroxylation sites is 1. The highest BCUT2D eigenvalue weighted by Crippen LogP contribution is 2.23. The van der Waals surface area contributed by atoms with E-state index in [4.69, 9.17) is 16.3 Å². The molecule has 0 aliphatic carbocycles. The second-order valence-electron chi connectivity index (χ2n) is 6.19. The van der Waals surface area contributed by atoms with Crippen LogP contribution in [-0.4, -0.2) is 29.8 Å². The van der Waals surface area contributed by atoms with Crippen molar-refractivity contribution in [2.24, 2.45) is 0 Å². The summed E-state index contributed by atoms with van der Waals surface area (Å²) in [6, 6.07) is 12.6. The number of nitrogens with one attached hydrogen (secondary N) is 1. The van der Waals surface area contributed by atoms with E-state index in [0.29, 0.717) is 16.4 Å². The Morgan fingerprint density at radius 2 is 1.64 bits per heavy atom. The Labute approximate surface area is 166 Å². The van der Waals surface area contributed by atoms with Gasteiger partial charge in [-0.3, -0.25) is 19.3 Å². The van der Waals surface area contributed by atoms with Gasteiger partial charge in [0.15, 0.2) is 6.10 Å². The number of anilines is 2. The average molecular weight is 401 g/mol. The van der Waals surface area contributed by atoms with Crippen molar-refractivity contribution in [1.29, 1.82) is 0 Å². The molecule has 0 bridgehead atoms. The second-order valence-corrected chi connectivity index (χ2v) is 6.59. The van der Waals surface area contributed by atoms with Crippen LogP contribution in [0.1, 0.15) is 30.1 Å².